The Hall–Kier alpha value is -1.76. The first-order valence-corrected chi connectivity index (χ1v) is 11.0. The Balaban J connectivity index is 2.10. The van der Waals surface area contributed by atoms with Gasteiger partial charge in [0.2, 0.25) is 11.8 Å². The van der Waals surface area contributed by atoms with Gasteiger partial charge in [-0.15, -0.1) is 11.8 Å². The van der Waals surface area contributed by atoms with Gasteiger partial charge in [-0.3, -0.25) is 9.59 Å². The second-order valence-electron chi connectivity index (χ2n) is 6.41. The zero-order chi connectivity index (χ0) is 21.4. The van der Waals surface area contributed by atoms with Gasteiger partial charge in [-0.1, -0.05) is 48.3 Å². The van der Waals surface area contributed by atoms with Gasteiger partial charge in [-0.2, -0.15) is 0 Å². The summed E-state index contributed by atoms with van der Waals surface area (Å²) in [6.07, 6.45) is 0.473. The number of carbonyl (C=O) groups is 2. The van der Waals surface area contributed by atoms with Gasteiger partial charge in [0, 0.05) is 29.4 Å². The van der Waals surface area contributed by atoms with Crippen molar-refractivity contribution in [3.8, 4) is 0 Å². The van der Waals surface area contributed by atoms with E-state index in [9.17, 15) is 14.0 Å². The number of halogens is 3. The van der Waals surface area contributed by atoms with Gasteiger partial charge >= 0.3 is 0 Å². The van der Waals surface area contributed by atoms with Gasteiger partial charge in [-0.25, -0.2) is 4.39 Å². The molecule has 2 rings (SSSR count). The molecule has 1 N–H and O–H groups in total. The molecule has 0 radical (unpaired) electrons. The summed E-state index contributed by atoms with van der Waals surface area (Å²) in [7, 11) is 1.54. The van der Waals surface area contributed by atoms with Crippen LogP contribution in [0.2, 0.25) is 10.0 Å². The summed E-state index contributed by atoms with van der Waals surface area (Å²) in [6.45, 7) is 2.08. The number of nitrogens with zero attached hydrogens (tertiary/aromatic N) is 1. The lowest BCUT2D eigenvalue weighted by Crippen LogP contribution is -2.48. The van der Waals surface area contributed by atoms with Crippen molar-refractivity contribution in [3.63, 3.8) is 0 Å². The van der Waals surface area contributed by atoms with Crippen molar-refractivity contribution in [2.45, 2.75) is 31.7 Å². The van der Waals surface area contributed by atoms with Crippen LogP contribution in [0, 0.1) is 5.82 Å². The maximum atomic E-state index is 13.2. The highest BCUT2D eigenvalue weighted by Gasteiger charge is 2.27. The summed E-state index contributed by atoms with van der Waals surface area (Å²) in [5.41, 5.74) is 1.64. The number of amides is 2. The Morgan fingerprint density at radius 2 is 1.86 bits per heavy atom. The number of carbonyl (C=O) groups excluding carboxylic acids is 2. The average molecular weight is 457 g/mol. The molecular weight excluding hydrogens is 434 g/mol. The molecule has 2 aromatic carbocycles. The van der Waals surface area contributed by atoms with Crippen LogP contribution in [0.5, 0.6) is 0 Å². The number of thioether (sulfide) groups is 1. The minimum absolute atomic E-state index is 0.167. The Bertz CT molecular complexity index is 849. The third-order valence-corrected chi connectivity index (χ3v) is 5.95. The summed E-state index contributed by atoms with van der Waals surface area (Å²) in [6, 6.07) is 10.6. The molecular formula is C21H23Cl2FN2O2S. The van der Waals surface area contributed by atoms with E-state index < -0.39 is 6.04 Å². The molecule has 1 atom stereocenters. The van der Waals surface area contributed by atoms with E-state index >= 15 is 0 Å². The zero-order valence-corrected chi connectivity index (χ0v) is 18.6. The molecule has 29 heavy (non-hydrogen) atoms. The first-order valence-electron chi connectivity index (χ1n) is 9.12. The summed E-state index contributed by atoms with van der Waals surface area (Å²) >= 11 is 13.5. The quantitative estimate of drug-likeness (QED) is 0.582. The minimum Gasteiger partial charge on any atom is -0.357 e. The maximum absolute atomic E-state index is 13.2. The van der Waals surface area contributed by atoms with Crippen molar-refractivity contribution in [1.82, 2.24) is 10.2 Å². The van der Waals surface area contributed by atoms with E-state index in [-0.39, 0.29) is 29.9 Å². The molecule has 2 amide bonds. The van der Waals surface area contributed by atoms with Crippen molar-refractivity contribution in [2.24, 2.45) is 0 Å². The van der Waals surface area contributed by atoms with E-state index in [0.29, 0.717) is 22.2 Å². The van der Waals surface area contributed by atoms with Crippen LogP contribution in [0.4, 0.5) is 4.39 Å². The molecule has 0 aliphatic carbocycles. The lowest BCUT2D eigenvalue weighted by molar-refractivity contribution is -0.139. The summed E-state index contributed by atoms with van der Waals surface area (Å²) in [4.78, 5) is 26.8. The zero-order valence-electron chi connectivity index (χ0n) is 16.3. The number of hydrogen-bond donors (Lipinski definition) is 1. The number of benzene rings is 2. The van der Waals surface area contributed by atoms with E-state index in [4.69, 9.17) is 23.2 Å². The number of nitrogens with one attached hydrogen (secondary N) is 1. The highest BCUT2D eigenvalue weighted by molar-refractivity contribution is 7.99. The van der Waals surface area contributed by atoms with E-state index in [1.807, 2.05) is 13.0 Å². The minimum atomic E-state index is -0.600. The monoisotopic (exact) mass is 456 g/mol. The molecule has 0 heterocycles. The van der Waals surface area contributed by atoms with Crippen molar-refractivity contribution in [1.29, 1.82) is 0 Å². The molecule has 0 bridgehead atoms. The summed E-state index contributed by atoms with van der Waals surface area (Å²) < 4.78 is 13.2. The van der Waals surface area contributed by atoms with Gasteiger partial charge in [0.25, 0.3) is 0 Å². The second-order valence-corrected chi connectivity index (χ2v) is 8.24. The summed E-state index contributed by atoms with van der Waals surface area (Å²) in [5, 5.41) is 3.72. The SMILES string of the molecule is CCC(C(=O)NC)N(Cc1ccc(F)cc1)C(=O)CSCc1ccc(Cl)cc1Cl. The predicted octanol–water partition coefficient (Wildman–Crippen LogP) is 4.92. The van der Waals surface area contributed by atoms with Crippen LogP contribution in [-0.2, 0) is 21.9 Å². The molecule has 0 spiro atoms. The van der Waals surface area contributed by atoms with Crippen molar-refractivity contribution in [3.05, 3.63) is 69.5 Å². The Kier molecular flexibility index (Phi) is 9.27. The fourth-order valence-corrected chi connectivity index (χ4v) is 4.31. The first-order chi connectivity index (χ1) is 13.8. The molecule has 0 aromatic heterocycles. The Morgan fingerprint density at radius 3 is 2.45 bits per heavy atom. The molecule has 0 saturated carbocycles. The second kappa shape index (κ2) is 11.4. The third-order valence-electron chi connectivity index (χ3n) is 4.40. The molecule has 0 aliphatic rings. The lowest BCUT2D eigenvalue weighted by Gasteiger charge is -2.30. The molecule has 8 heteroatoms. The third kappa shape index (κ3) is 6.91. The maximum Gasteiger partial charge on any atom is 0.242 e. The predicted molar refractivity (Wildman–Crippen MR) is 118 cm³/mol. The first kappa shape index (κ1) is 23.5. The Morgan fingerprint density at radius 1 is 1.17 bits per heavy atom. The highest BCUT2D eigenvalue weighted by atomic mass is 35.5. The fourth-order valence-electron chi connectivity index (χ4n) is 2.84. The van der Waals surface area contributed by atoms with Crippen LogP contribution >= 0.6 is 35.0 Å². The Labute approximate surface area is 184 Å². The molecule has 1 unspecified atom stereocenters. The normalized spacial score (nSPS) is 11.8. The van der Waals surface area contributed by atoms with Crippen LogP contribution in [0.15, 0.2) is 42.5 Å². The van der Waals surface area contributed by atoms with Gasteiger partial charge < -0.3 is 10.2 Å². The largest absolute Gasteiger partial charge is 0.357 e. The van der Waals surface area contributed by atoms with Crippen LogP contribution in [0.25, 0.3) is 0 Å². The smallest absolute Gasteiger partial charge is 0.242 e. The van der Waals surface area contributed by atoms with Gasteiger partial charge in [0.15, 0.2) is 0 Å². The standard InChI is InChI=1S/C21H23Cl2FN2O2S/c1-3-19(21(28)25-2)26(11-14-4-8-17(24)9-5-14)20(27)13-29-12-15-6-7-16(22)10-18(15)23/h4-10,19H,3,11-13H2,1-2H3,(H,25,28). The summed E-state index contributed by atoms with van der Waals surface area (Å²) in [5.74, 6) is -0.00905. The molecule has 0 saturated heterocycles. The number of hydrogen-bond acceptors (Lipinski definition) is 3. The molecule has 0 fully saturated rings. The van der Waals surface area contributed by atoms with Gasteiger partial charge in [-0.05, 0) is 41.8 Å². The van der Waals surface area contributed by atoms with E-state index in [1.165, 1.54) is 23.9 Å². The fraction of sp³-hybridized carbons (Fsp3) is 0.333. The number of rotatable bonds is 9. The van der Waals surface area contributed by atoms with Crippen LogP contribution in [-0.4, -0.2) is 35.6 Å². The highest BCUT2D eigenvalue weighted by Crippen LogP contribution is 2.25. The lowest BCUT2D eigenvalue weighted by atomic mass is 10.1. The van der Waals surface area contributed by atoms with Gasteiger partial charge in [0.05, 0.1) is 5.75 Å². The van der Waals surface area contributed by atoms with E-state index in [2.05, 4.69) is 5.32 Å². The van der Waals surface area contributed by atoms with Crippen molar-refractivity contribution < 1.29 is 14.0 Å². The van der Waals surface area contributed by atoms with Crippen LogP contribution < -0.4 is 5.32 Å². The average Bonchev–Trinajstić information content (AvgIpc) is 2.70. The molecule has 2 aromatic rings. The van der Waals surface area contributed by atoms with Gasteiger partial charge in [0.1, 0.15) is 11.9 Å². The van der Waals surface area contributed by atoms with Crippen molar-refractivity contribution in [2.75, 3.05) is 12.8 Å². The van der Waals surface area contributed by atoms with Crippen LogP contribution in [0.3, 0.4) is 0 Å². The van der Waals surface area contributed by atoms with E-state index in [0.717, 1.165) is 11.1 Å². The van der Waals surface area contributed by atoms with Crippen LogP contribution in [0.1, 0.15) is 24.5 Å². The van der Waals surface area contributed by atoms with E-state index in [1.54, 1.807) is 36.2 Å². The molecule has 0 aliphatic heterocycles. The molecule has 4 nitrogen and oxygen atoms in total. The topological polar surface area (TPSA) is 49.4 Å². The number of likely N-dealkylation sites (N-methyl/N-ethyl adjacent to an activating group) is 1. The molecule has 156 valence electrons. The van der Waals surface area contributed by atoms with Crippen molar-refractivity contribution >= 4 is 46.8 Å².